The summed E-state index contributed by atoms with van der Waals surface area (Å²) in [5, 5.41) is 36.3. The average Bonchev–Trinajstić information content (AvgIpc) is 4.12. The van der Waals surface area contributed by atoms with E-state index in [1.807, 2.05) is 68.3 Å². The zero-order chi connectivity index (χ0) is 59.3. The molecule has 6 rings (SSSR count). The highest BCUT2D eigenvalue weighted by Crippen LogP contribution is 2.50. The van der Waals surface area contributed by atoms with Crippen LogP contribution in [0.3, 0.4) is 0 Å². The number of hydrogen-bond acceptors (Lipinski definition) is 16. The summed E-state index contributed by atoms with van der Waals surface area (Å²) in [4.78, 5) is 112. The highest BCUT2D eigenvalue weighted by atomic mass is 127. The third kappa shape index (κ3) is 19.1. The topological polar surface area (TPSA) is 245 Å². The fraction of sp³-hybridized carbons (Fsp3) is 0.592. The van der Waals surface area contributed by atoms with Gasteiger partial charge in [-0.3, -0.25) is 67.8 Å². The van der Waals surface area contributed by atoms with Crippen molar-refractivity contribution in [1.29, 1.82) is 0 Å². The molecule has 0 bridgehead atoms. The van der Waals surface area contributed by atoms with E-state index in [1.165, 1.54) is 19.6 Å². The first-order valence-corrected chi connectivity index (χ1v) is 39.2. The van der Waals surface area contributed by atoms with Crippen LogP contribution < -0.4 is 21.3 Å². The number of phenols is 2. The zero-order valence-corrected chi connectivity index (χ0v) is 58.3. The van der Waals surface area contributed by atoms with Crippen molar-refractivity contribution >= 4 is 189 Å². The summed E-state index contributed by atoms with van der Waals surface area (Å²) in [7, 11) is 17.3. The molecular formula is C49H70B4I4N10O10P4. The van der Waals surface area contributed by atoms with Crippen LogP contribution in [0.15, 0.2) is 36.4 Å². The van der Waals surface area contributed by atoms with E-state index in [0.29, 0.717) is 103 Å². The number of aromatic hydroxyl groups is 2. The molecule has 20 nitrogen and oxygen atoms in total. The SMILES string of the molecule is [B]P(I)C1CC(=O)N(CCNCCN(CCNCCN2C(=O)CC(B(P)I)C2=O)Cc2cc(C(C)(C)c3ccc(O)c(CN(CCNCCN4C(=O)CC(B(P)I)C4=O)CCNCCN4C(=O)CC(P([B])I)C4=O)c3)ccc2O)C1=O. The summed E-state index contributed by atoms with van der Waals surface area (Å²) in [6.07, 6.45) is 0.676. The van der Waals surface area contributed by atoms with E-state index < -0.39 is 27.6 Å². The van der Waals surface area contributed by atoms with Crippen molar-refractivity contribution in [1.82, 2.24) is 50.7 Å². The molecule has 4 heterocycles. The lowest BCUT2D eigenvalue weighted by Crippen LogP contribution is -2.41. The molecule has 0 spiro atoms. The largest absolute Gasteiger partial charge is 0.508 e. The second kappa shape index (κ2) is 33.0. The van der Waals surface area contributed by atoms with Crippen molar-refractivity contribution in [3.8, 4) is 11.5 Å². The van der Waals surface area contributed by atoms with Gasteiger partial charge in [0.2, 0.25) is 47.3 Å². The molecule has 32 heteroatoms. The van der Waals surface area contributed by atoms with Gasteiger partial charge in [0.25, 0.3) is 8.58 Å². The second-order valence-electron chi connectivity index (χ2n) is 21.0. The number of imide groups is 4. The molecular weight excluding hydrogens is 1560 g/mol. The van der Waals surface area contributed by atoms with Crippen molar-refractivity contribution in [2.24, 2.45) is 0 Å². The number of nitrogens with one attached hydrogen (secondary N) is 4. The van der Waals surface area contributed by atoms with Gasteiger partial charge >= 0.3 is 0 Å². The van der Waals surface area contributed by atoms with Gasteiger partial charge in [0, 0.05) is 172 Å². The van der Waals surface area contributed by atoms with Gasteiger partial charge in [-0.2, -0.15) is 18.2 Å². The van der Waals surface area contributed by atoms with Crippen LogP contribution in [0.4, 0.5) is 0 Å². The molecule has 4 aliphatic heterocycles. The second-order valence-corrected chi connectivity index (χ2v) is 37.4. The maximum absolute atomic E-state index is 12.9. The maximum atomic E-state index is 12.9. The van der Waals surface area contributed by atoms with Gasteiger partial charge in [0.05, 0.1) is 11.3 Å². The Labute approximate surface area is 538 Å². The number of hydrogen-bond donors (Lipinski definition) is 6. The molecule has 81 heavy (non-hydrogen) atoms. The van der Waals surface area contributed by atoms with E-state index in [0.717, 1.165) is 11.1 Å². The van der Waals surface area contributed by atoms with Crippen LogP contribution in [0.2, 0.25) is 11.6 Å². The molecule has 2 aromatic rings. The molecule has 436 valence electrons. The van der Waals surface area contributed by atoms with Crippen LogP contribution >= 0.6 is 118 Å². The molecule has 8 amide bonds. The minimum Gasteiger partial charge on any atom is -0.508 e. The molecule has 4 fully saturated rings. The number of phenolic OH excluding ortho intramolecular Hbond substituents is 2. The van der Waals surface area contributed by atoms with Crippen LogP contribution in [0, 0.1) is 0 Å². The molecule has 4 radical (unpaired) electrons. The molecule has 4 saturated heterocycles. The predicted molar refractivity (Wildman–Crippen MR) is 363 cm³/mol. The maximum Gasteiger partial charge on any atom is 0.252 e. The standard InChI is InChI=1S/C49H70B4I4N10O10P4/c1-49(2,33-3-5-37(68)31(23-33)29-62(15-7-58-11-19-64-41(70)25-35(45(64)74)52(54)78)17-9-60-13-21-66-43(72)27-39(47(66)76)80(50)56)34-4-6-38(69)32(24-34)30-63(16-8-59-12-20-65-42(71)26-36(46(65)75)53(55)79)18-10-61-14-22-67-44(73)28-40(48(67)77)81(51)57/h3-6,23-24,35-36,39-40,58-61,68-69H,7-22,25-30,78-79H2,1-2H3. The summed E-state index contributed by atoms with van der Waals surface area (Å²) >= 11 is 8.39. The van der Waals surface area contributed by atoms with Crippen molar-refractivity contribution < 1.29 is 48.6 Å². The first-order valence-electron chi connectivity index (χ1n) is 26.9. The quantitative estimate of drug-likeness (QED) is 0.0194. The van der Waals surface area contributed by atoms with Crippen molar-refractivity contribution in [3.05, 3.63) is 58.7 Å². The number of carbonyl (C=O) groups excluding carboxylic acids is 8. The number of likely N-dealkylation sites (tertiary alicyclic amines) is 4. The highest BCUT2D eigenvalue weighted by Gasteiger charge is 2.44. The van der Waals surface area contributed by atoms with Crippen LogP contribution in [-0.4, -0.2) is 227 Å². The molecule has 4 aliphatic rings. The molecule has 0 aromatic heterocycles. The van der Waals surface area contributed by atoms with E-state index in [9.17, 15) is 48.6 Å². The minimum atomic E-state index is -1.10. The Morgan fingerprint density at radius 2 is 0.840 bits per heavy atom. The van der Waals surface area contributed by atoms with Gasteiger partial charge < -0.3 is 31.5 Å². The van der Waals surface area contributed by atoms with Gasteiger partial charge in [-0.25, -0.2) is 0 Å². The average molecular weight is 1630 g/mol. The fourth-order valence-electron chi connectivity index (χ4n) is 10.2. The van der Waals surface area contributed by atoms with Crippen LogP contribution in [0.1, 0.15) is 61.8 Å². The predicted octanol–water partition coefficient (Wildman–Crippen LogP) is 3.33. The van der Waals surface area contributed by atoms with E-state index in [4.69, 9.17) is 15.1 Å². The van der Waals surface area contributed by atoms with E-state index in [-0.39, 0.29) is 131 Å². The summed E-state index contributed by atoms with van der Waals surface area (Å²) < 4.78 is -0.0673. The normalized spacial score (nSPS) is 20.7. The third-order valence-corrected chi connectivity index (χ3v) is 23.9. The lowest BCUT2D eigenvalue weighted by atomic mass is 9.77. The van der Waals surface area contributed by atoms with Crippen LogP contribution in [0.25, 0.3) is 0 Å². The van der Waals surface area contributed by atoms with Crippen LogP contribution in [-0.2, 0) is 56.9 Å². The van der Waals surface area contributed by atoms with Crippen molar-refractivity contribution in [3.63, 3.8) is 0 Å². The van der Waals surface area contributed by atoms with Gasteiger partial charge in [0.1, 0.15) is 26.6 Å². The van der Waals surface area contributed by atoms with E-state index >= 15 is 0 Å². The van der Waals surface area contributed by atoms with Gasteiger partial charge in [-0.15, -0.1) is 44.7 Å². The first kappa shape index (κ1) is 69.4. The van der Waals surface area contributed by atoms with Gasteiger partial charge in [0.15, 0.2) is 0 Å². The molecule has 0 saturated carbocycles. The summed E-state index contributed by atoms with van der Waals surface area (Å²) in [6, 6.07) is 11.2. The first-order chi connectivity index (χ1) is 38.4. The number of rotatable bonds is 34. The Kier molecular flexibility index (Phi) is 28.3. The number of benzene rings is 2. The van der Waals surface area contributed by atoms with E-state index in [1.54, 1.807) is 12.1 Å². The van der Waals surface area contributed by atoms with Gasteiger partial charge in [-0.05, 0) is 35.4 Å². The minimum absolute atomic E-state index is 0.0337. The monoisotopic (exact) mass is 1630 g/mol. The molecule has 8 unspecified atom stereocenters. The summed E-state index contributed by atoms with van der Waals surface area (Å²) in [5.41, 5.74) is -0.505. The summed E-state index contributed by atoms with van der Waals surface area (Å²) in [5.74, 6) is -1.98. The van der Waals surface area contributed by atoms with Gasteiger partial charge in [-0.1, -0.05) is 80.9 Å². The van der Waals surface area contributed by atoms with E-state index in [2.05, 4.69) is 108 Å². The number of nitrogens with zero attached hydrogens (tertiary/aromatic N) is 6. The highest BCUT2D eigenvalue weighted by molar-refractivity contribution is 14.2. The fourth-order valence-corrected chi connectivity index (χ4v) is 15.9. The molecule has 2 aromatic carbocycles. The Morgan fingerprint density at radius 3 is 1.11 bits per heavy atom. The number of halogens is 4. The Hall–Kier alpha value is -0.740. The van der Waals surface area contributed by atoms with Crippen molar-refractivity contribution in [2.75, 3.05) is 105 Å². The molecule has 0 aliphatic carbocycles. The number of carbonyl (C=O) groups is 8. The lowest BCUT2D eigenvalue weighted by molar-refractivity contribution is -0.139. The molecule has 6 N–H and O–H groups in total. The Morgan fingerprint density at radius 1 is 0.543 bits per heavy atom. The number of amides is 8. The van der Waals surface area contributed by atoms with Crippen molar-refractivity contribution in [2.45, 2.75) is 81.0 Å². The smallest absolute Gasteiger partial charge is 0.252 e. The van der Waals surface area contributed by atoms with Crippen LogP contribution in [0.5, 0.6) is 11.5 Å². The summed E-state index contributed by atoms with van der Waals surface area (Å²) in [6.45, 7) is 11.8. The Balaban J connectivity index is 1.11. The lowest BCUT2D eigenvalue weighted by Gasteiger charge is -2.30. The Bertz CT molecular complexity index is 2330. The third-order valence-electron chi connectivity index (χ3n) is 15.2. The molecule has 8 atom stereocenters. The zero-order valence-electron chi connectivity index (χ0n) is 45.5.